The number of hydrogen-bond donors (Lipinski definition) is 1. The Labute approximate surface area is 99.4 Å². The van der Waals surface area contributed by atoms with Crippen molar-refractivity contribution in [1.82, 2.24) is 4.90 Å². The van der Waals surface area contributed by atoms with Gasteiger partial charge in [-0.2, -0.15) is 0 Å². The van der Waals surface area contributed by atoms with Crippen LogP contribution < -0.4 is 0 Å². The average molecular weight is 243 g/mol. The van der Waals surface area contributed by atoms with Gasteiger partial charge in [0.05, 0.1) is 10.7 Å². The van der Waals surface area contributed by atoms with Crippen molar-refractivity contribution in [3.63, 3.8) is 0 Å². The van der Waals surface area contributed by atoms with Crippen molar-refractivity contribution < 1.29 is 14.7 Å². The molecule has 2 fully saturated rings. The number of rotatable bonds is 2. The maximum Gasteiger partial charge on any atom is 0.308 e. The summed E-state index contributed by atoms with van der Waals surface area (Å²) in [6.45, 7) is 2.98. The molecule has 0 aliphatic carbocycles. The van der Waals surface area contributed by atoms with E-state index in [0.29, 0.717) is 19.5 Å². The molecule has 1 N–H and O–H groups in total. The van der Waals surface area contributed by atoms with Crippen molar-refractivity contribution in [3.05, 3.63) is 0 Å². The second kappa shape index (κ2) is 4.28. The molecule has 0 radical (unpaired) electrons. The van der Waals surface area contributed by atoms with E-state index in [1.165, 1.54) is 0 Å². The molecule has 0 aromatic heterocycles. The zero-order valence-corrected chi connectivity index (χ0v) is 10.3. The summed E-state index contributed by atoms with van der Waals surface area (Å²) < 4.78 is -0.298. The third kappa shape index (κ3) is 2.05. The van der Waals surface area contributed by atoms with Crippen molar-refractivity contribution >= 4 is 23.6 Å². The maximum atomic E-state index is 12.2. The lowest BCUT2D eigenvalue weighted by Crippen LogP contribution is -2.42. The van der Waals surface area contributed by atoms with E-state index in [1.54, 1.807) is 16.7 Å². The van der Waals surface area contributed by atoms with Gasteiger partial charge in [-0.05, 0) is 31.9 Å². The molecule has 0 saturated carbocycles. The van der Waals surface area contributed by atoms with Crippen LogP contribution in [0.25, 0.3) is 0 Å². The number of nitrogens with zero attached hydrogens (tertiary/aromatic N) is 1. The Morgan fingerprint density at radius 1 is 1.50 bits per heavy atom. The first-order valence-electron chi connectivity index (χ1n) is 5.69. The summed E-state index contributed by atoms with van der Waals surface area (Å²) in [5, 5.41) is 8.90. The second-order valence-electron chi connectivity index (χ2n) is 4.76. The second-order valence-corrected chi connectivity index (χ2v) is 6.36. The summed E-state index contributed by atoms with van der Waals surface area (Å²) in [5.41, 5.74) is 0. The molecule has 1 amide bonds. The van der Waals surface area contributed by atoms with E-state index >= 15 is 0 Å². The molecule has 2 aliphatic rings. The average Bonchev–Trinajstić information content (AvgIpc) is 2.85. The highest BCUT2D eigenvalue weighted by atomic mass is 32.2. The molecule has 2 aliphatic heterocycles. The fourth-order valence-electron chi connectivity index (χ4n) is 2.43. The first-order chi connectivity index (χ1) is 7.53. The van der Waals surface area contributed by atoms with Gasteiger partial charge in [0.15, 0.2) is 0 Å². The van der Waals surface area contributed by atoms with Gasteiger partial charge in [0.2, 0.25) is 5.91 Å². The molecular formula is C11H17NO3S. The van der Waals surface area contributed by atoms with Crippen LogP contribution in [0.1, 0.15) is 26.2 Å². The molecule has 0 bridgehead atoms. The predicted molar refractivity (Wildman–Crippen MR) is 62.4 cm³/mol. The summed E-state index contributed by atoms with van der Waals surface area (Å²) in [4.78, 5) is 24.8. The van der Waals surface area contributed by atoms with Crippen molar-refractivity contribution in [2.45, 2.75) is 30.9 Å². The van der Waals surface area contributed by atoms with E-state index in [4.69, 9.17) is 5.11 Å². The fraction of sp³-hybridized carbons (Fsp3) is 0.818. The Kier molecular flexibility index (Phi) is 3.15. The Balaban J connectivity index is 1.99. The zero-order chi connectivity index (χ0) is 11.8. The monoisotopic (exact) mass is 243 g/mol. The molecule has 0 aromatic carbocycles. The third-order valence-electron chi connectivity index (χ3n) is 3.50. The van der Waals surface area contributed by atoms with Crippen LogP contribution in [0.15, 0.2) is 0 Å². The summed E-state index contributed by atoms with van der Waals surface area (Å²) in [7, 11) is 0. The number of carbonyl (C=O) groups excluding carboxylic acids is 1. The number of carbonyl (C=O) groups is 2. The molecule has 2 rings (SSSR count). The highest BCUT2D eigenvalue weighted by molar-refractivity contribution is 8.01. The molecule has 0 spiro atoms. The van der Waals surface area contributed by atoms with E-state index in [9.17, 15) is 9.59 Å². The highest BCUT2D eigenvalue weighted by Crippen LogP contribution is 2.40. The molecule has 2 saturated heterocycles. The van der Waals surface area contributed by atoms with Gasteiger partial charge in [0.25, 0.3) is 0 Å². The number of hydrogen-bond acceptors (Lipinski definition) is 3. The van der Waals surface area contributed by atoms with Crippen molar-refractivity contribution in [3.8, 4) is 0 Å². The third-order valence-corrected chi connectivity index (χ3v) is 5.00. The van der Waals surface area contributed by atoms with Gasteiger partial charge in [-0.3, -0.25) is 9.59 Å². The Hall–Kier alpha value is -0.710. The maximum absolute atomic E-state index is 12.2. The Morgan fingerprint density at radius 2 is 2.25 bits per heavy atom. The van der Waals surface area contributed by atoms with Gasteiger partial charge in [-0.25, -0.2) is 0 Å². The molecule has 4 nitrogen and oxygen atoms in total. The zero-order valence-electron chi connectivity index (χ0n) is 9.44. The number of likely N-dealkylation sites (tertiary alicyclic amines) is 1. The standard InChI is InChI=1S/C11H17NO3S/c1-11(4-2-6-16-11)10(15)12-5-3-8(7-12)9(13)14/h8H,2-7H2,1H3,(H,13,14). The minimum Gasteiger partial charge on any atom is -0.481 e. The molecular weight excluding hydrogens is 226 g/mol. The summed E-state index contributed by atoms with van der Waals surface area (Å²) in [5.74, 6) is 0.0376. The van der Waals surface area contributed by atoms with Crippen molar-refractivity contribution in [2.24, 2.45) is 5.92 Å². The van der Waals surface area contributed by atoms with E-state index in [0.717, 1.165) is 18.6 Å². The van der Waals surface area contributed by atoms with Crippen LogP contribution >= 0.6 is 11.8 Å². The van der Waals surface area contributed by atoms with Crippen LogP contribution in [0.4, 0.5) is 0 Å². The summed E-state index contributed by atoms with van der Waals surface area (Å²) in [6, 6.07) is 0. The van der Waals surface area contributed by atoms with E-state index in [-0.39, 0.29) is 16.6 Å². The predicted octanol–water partition coefficient (Wildman–Crippen LogP) is 1.21. The molecule has 16 heavy (non-hydrogen) atoms. The van der Waals surface area contributed by atoms with Gasteiger partial charge in [-0.15, -0.1) is 11.8 Å². The van der Waals surface area contributed by atoms with Crippen LogP contribution in [0.3, 0.4) is 0 Å². The minimum atomic E-state index is -0.778. The van der Waals surface area contributed by atoms with E-state index in [2.05, 4.69) is 0 Å². The van der Waals surface area contributed by atoms with Gasteiger partial charge in [0.1, 0.15) is 0 Å². The topological polar surface area (TPSA) is 57.6 Å². The molecule has 90 valence electrons. The van der Waals surface area contributed by atoms with Crippen LogP contribution in [-0.2, 0) is 9.59 Å². The quantitative estimate of drug-likeness (QED) is 0.792. The molecule has 5 heteroatoms. The number of thioether (sulfide) groups is 1. The van der Waals surface area contributed by atoms with Crippen LogP contribution in [0, 0.1) is 5.92 Å². The lowest BCUT2D eigenvalue weighted by Gasteiger charge is -2.27. The number of aliphatic carboxylic acids is 1. The smallest absolute Gasteiger partial charge is 0.308 e. The van der Waals surface area contributed by atoms with Crippen molar-refractivity contribution in [1.29, 1.82) is 0 Å². The van der Waals surface area contributed by atoms with Gasteiger partial charge >= 0.3 is 5.97 Å². The summed E-state index contributed by atoms with van der Waals surface area (Å²) in [6.07, 6.45) is 2.61. The molecule has 0 aromatic rings. The molecule has 2 atom stereocenters. The Morgan fingerprint density at radius 3 is 2.75 bits per heavy atom. The van der Waals surface area contributed by atoms with Crippen molar-refractivity contribution in [2.75, 3.05) is 18.8 Å². The van der Waals surface area contributed by atoms with Gasteiger partial charge < -0.3 is 10.0 Å². The first kappa shape index (κ1) is 11.8. The number of carboxylic acids is 1. The van der Waals surface area contributed by atoms with E-state index in [1.807, 2.05) is 6.92 Å². The minimum absolute atomic E-state index is 0.138. The van der Waals surface area contributed by atoms with Crippen LogP contribution in [0.5, 0.6) is 0 Å². The van der Waals surface area contributed by atoms with Gasteiger partial charge in [0, 0.05) is 13.1 Å². The fourth-order valence-corrected chi connectivity index (χ4v) is 3.71. The first-order valence-corrected chi connectivity index (χ1v) is 6.68. The number of amides is 1. The lowest BCUT2D eigenvalue weighted by atomic mass is 10.0. The van der Waals surface area contributed by atoms with E-state index < -0.39 is 5.97 Å². The molecule has 2 unspecified atom stereocenters. The highest BCUT2D eigenvalue weighted by Gasteiger charge is 2.42. The van der Waals surface area contributed by atoms with Crippen LogP contribution in [-0.4, -0.2) is 45.5 Å². The van der Waals surface area contributed by atoms with Gasteiger partial charge in [-0.1, -0.05) is 0 Å². The number of carboxylic acid groups (broad SMARTS) is 1. The van der Waals surface area contributed by atoms with Crippen LogP contribution in [0.2, 0.25) is 0 Å². The largest absolute Gasteiger partial charge is 0.481 e. The normalized spacial score (nSPS) is 34.3. The lowest BCUT2D eigenvalue weighted by molar-refractivity contribution is -0.141. The summed E-state index contributed by atoms with van der Waals surface area (Å²) >= 11 is 1.71. The molecule has 2 heterocycles. The SMILES string of the molecule is CC1(C(=O)N2CCC(C(=O)O)C2)CCCS1. The Bertz CT molecular complexity index is 312.